The quantitative estimate of drug-likeness (QED) is 0.453. The summed E-state index contributed by atoms with van der Waals surface area (Å²) in [5.74, 6) is 0. The molecule has 78 valence electrons. The molecular formula is C10H21NO2. The second kappa shape index (κ2) is 5.58. The molecule has 1 aliphatic heterocycles. The maximum atomic E-state index is 9.01. The van der Waals surface area contributed by atoms with E-state index in [0.717, 1.165) is 13.0 Å². The van der Waals surface area contributed by atoms with Crippen LogP contribution in [0.5, 0.6) is 0 Å². The van der Waals surface area contributed by atoms with E-state index in [1.165, 1.54) is 19.3 Å². The van der Waals surface area contributed by atoms with Crippen molar-refractivity contribution in [3.8, 4) is 0 Å². The lowest BCUT2D eigenvalue weighted by molar-refractivity contribution is 0.272. The van der Waals surface area contributed by atoms with Gasteiger partial charge in [-0.05, 0) is 19.4 Å². The second-order valence-corrected chi connectivity index (χ2v) is 3.77. The number of hydrogen-bond donors (Lipinski definition) is 2. The maximum absolute atomic E-state index is 9.01. The summed E-state index contributed by atoms with van der Waals surface area (Å²) in [6, 6.07) is 0.788. The van der Waals surface area contributed by atoms with Gasteiger partial charge in [-0.25, -0.2) is 0 Å². The predicted molar refractivity (Wildman–Crippen MR) is 52.6 cm³/mol. The van der Waals surface area contributed by atoms with Crippen molar-refractivity contribution in [2.45, 2.75) is 44.7 Å². The molecule has 2 N–H and O–H groups in total. The molecule has 0 aromatic carbocycles. The highest BCUT2D eigenvalue weighted by Crippen LogP contribution is 2.30. The molecule has 0 bridgehead atoms. The summed E-state index contributed by atoms with van der Waals surface area (Å²) in [7, 11) is 0. The maximum Gasteiger partial charge on any atom is 0.0602 e. The van der Waals surface area contributed by atoms with Gasteiger partial charge in [-0.2, -0.15) is 0 Å². The predicted octanol–water partition coefficient (Wildman–Crippen LogP) is 0.604. The smallest absolute Gasteiger partial charge is 0.0602 e. The van der Waals surface area contributed by atoms with E-state index in [0.29, 0.717) is 12.1 Å². The van der Waals surface area contributed by atoms with E-state index in [1.54, 1.807) is 0 Å². The van der Waals surface area contributed by atoms with Crippen LogP contribution in [0.15, 0.2) is 0 Å². The Morgan fingerprint density at radius 3 is 2.46 bits per heavy atom. The van der Waals surface area contributed by atoms with Crippen LogP contribution in [0.25, 0.3) is 0 Å². The van der Waals surface area contributed by atoms with Crippen LogP contribution in [0.2, 0.25) is 0 Å². The number of unbranched alkanes of at least 4 members (excludes halogenated alkanes) is 2. The molecule has 0 spiro atoms. The first kappa shape index (κ1) is 11.0. The molecule has 0 radical (unpaired) electrons. The SMILES string of the molecule is CCCCCN1C(CO)C1CCO. The Balaban J connectivity index is 2.12. The van der Waals surface area contributed by atoms with Gasteiger partial charge >= 0.3 is 0 Å². The number of aliphatic hydroxyl groups is 2. The first-order valence-electron chi connectivity index (χ1n) is 5.32. The lowest BCUT2D eigenvalue weighted by Crippen LogP contribution is -2.07. The second-order valence-electron chi connectivity index (χ2n) is 3.77. The van der Waals surface area contributed by atoms with E-state index >= 15 is 0 Å². The molecule has 0 saturated carbocycles. The topological polar surface area (TPSA) is 43.5 Å². The van der Waals surface area contributed by atoms with Gasteiger partial charge in [0.2, 0.25) is 0 Å². The van der Waals surface area contributed by atoms with E-state index < -0.39 is 0 Å². The molecule has 3 nitrogen and oxygen atoms in total. The van der Waals surface area contributed by atoms with Crippen molar-refractivity contribution in [1.82, 2.24) is 4.90 Å². The fraction of sp³-hybridized carbons (Fsp3) is 1.00. The summed E-state index contributed by atoms with van der Waals surface area (Å²) in [5.41, 5.74) is 0. The Labute approximate surface area is 80.4 Å². The molecule has 3 atom stereocenters. The fourth-order valence-corrected chi connectivity index (χ4v) is 1.99. The van der Waals surface area contributed by atoms with E-state index in [-0.39, 0.29) is 13.2 Å². The molecule has 0 aromatic rings. The molecule has 1 fully saturated rings. The number of aliphatic hydroxyl groups excluding tert-OH is 2. The van der Waals surface area contributed by atoms with Crippen molar-refractivity contribution >= 4 is 0 Å². The minimum atomic E-state index is 0.242. The molecule has 1 aliphatic rings. The molecular weight excluding hydrogens is 166 g/mol. The van der Waals surface area contributed by atoms with Crippen molar-refractivity contribution in [3.05, 3.63) is 0 Å². The Bertz CT molecular complexity index is 141. The molecule has 1 rings (SSSR count). The van der Waals surface area contributed by atoms with Gasteiger partial charge in [0.25, 0.3) is 0 Å². The van der Waals surface area contributed by atoms with Gasteiger partial charge in [0.05, 0.1) is 6.61 Å². The van der Waals surface area contributed by atoms with Gasteiger partial charge in [0.15, 0.2) is 0 Å². The highest BCUT2D eigenvalue weighted by molar-refractivity contribution is 5.01. The van der Waals surface area contributed by atoms with E-state index in [4.69, 9.17) is 10.2 Å². The van der Waals surface area contributed by atoms with Gasteiger partial charge in [0, 0.05) is 18.7 Å². The largest absolute Gasteiger partial charge is 0.396 e. The first-order chi connectivity index (χ1) is 6.35. The van der Waals surface area contributed by atoms with Crippen molar-refractivity contribution in [1.29, 1.82) is 0 Å². The number of nitrogens with zero attached hydrogens (tertiary/aromatic N) is 1. The zero-order valence-corrected chi connectivity index (χ0v) is 8.45. The molecule has 1 heterocycles. The summed E-state index contributed by atoms with van der Waals surface area (Å²) in [4.78, 5) is 2.30. The third-order valence-electron chi connectivity index (χ3n) is 2.84. The van der Waals surface area contributed by atoms with Crippen LogP contribution >= 0.6 is 0 Å². The zero-order valence-electron chi connectivity index (χ0n) is 8.45. The van der Waals surface area contributed by atoms with Crippen molar-refractivity contribution in [3.63, 3.8) is 0 Å². The summed E-state index contributed by atoms with van der Waals surface area (Å²) in [6.07, 6.45) is 4.54. The molecule has 13 heavy (non-hydrogen) atoms. The van der Waals surface area contributed by atoms with Gasteiger partial charge in [-0.15, -0.1) is 0 Å². The third kappa shape index (κ3) is 2.93. The van der Waals surface area contributed by atoms with Crippen molar-refractivity contribution < 1.29 is 10.2 Å². The fourth-order valence-electron chi connectivity index (χ4n) is 1.99. The van der Waals surface area contributed by atoms with Crippen LogP contribution in [0, 0.1) is 0 Å². The third-order valence-corrected chi connectivity index (χ3v) is 2.84. The Morgan fingerprint density at radius 2 is 1.92 bits per heavy atom. The summed E-state index contributed by atoms with van der Waals surface area (Å²) >= 11 is 0. The van der Waals surface area contributed by atoms with E-state index in [9.17, 15) is 0 Å². The van der Waals surface area contributed by atoms with Gasteiger partial charge in [0.1, 0.15) is 0 Å². The molecule has 0 aliphatic carbocycles. The molecule has 3 heteroatoms. The highest BCUT2D eigenvalue weighted by Gasteiger charge is 2.45. The normalized spacial score (nSPS) is 32.1. The van der Waals surface area contributed by atoms with Crippen LogP contribution in [0.4, 0.5) is 0 Å². The van der Waals surface area contributed by atoms with Crippen molar-refractivity contribution in [2.24, 2.45) is 0 Å². The minimum Gasteiger partial charge on any atom is -0.396 e. The lowest BCUT2D eigenvalue weighted by atomic mass is 10.2. The first-order valence-corrected chi connectivity index (χ1v) is 5.32. The Morgan fingerprint density at radius 1 is 1.15 bits per heavy atom. The summed E-state index contributed by atoms with van der Waals surface area (Å²) in [6.45, 7) is 3.77. The van der Waals surface area contributed by atoms with Crippen LogP contribution in [-0.2, 0) is 0 Å². The minimum absolute atomic E-state index is 0.242. The number of hydrogen-bond acceptors (Lipinski definition) is 3. The van der Waals surface area contributed by atoms with E-state index in [2.05, 4.69) is 11.8 Å². The number of rotatable bonds is 7. The zero-order chi connectivity index (χ0) is 9.68. The van der Waals surface area contributed by atoms with Crippen molar-refractivity contribution in [2.75, 3.05) is 19.8 Å². The van der Waals surface area contributed by atoms with Gasteiger partial charge in [-0.1, -0.05) is 19.8 Å². The van der Waals surface area contributed by atoms with Crippen LogP contribution in [-0.4, -0.2) is 47.0 Å². The molecule has 3 unspecified atom stereocenters. The monoisotopic (exact) mass is 187 g/mol. The molecule has 0 amide bonds. The van der Waals surface area contributed by atoms with Crippen LogP contribution in [0.1, 0.15) is 32.6 Å². The van der Waals surface area contributed by atoms with Gasteiger partial charge < -0.3 is 10.2 Å². The van der Waals surface area contributed by atoms with Gasteiger partial charge in [-0.3, -0.25) is 4.90 Å². The molecule has 0 aromatic heterocycles. The van der Waals surface area contributed by atoms with Crippen LogP contribution < -0.4 is 0 Å². The molecule has 1 saturated heterocycles. The Hall–Kier alpha value is -0.120. The van der Waals surface area contributed by atoms with Crippen LogP contribution in [0.3, 0.4) is 0 Å². The average Bonchev–Trinajstić information content (AvgIpc) is 2.79. The standard InChI is InChI=1S/C10H21NO2/c1-2-3-4-6-11-9(5-7-12)10(11)8-13/h9-10,12-13H,2-8H2,1H3. The summed E-state index contributed by atoms with van der Waals surface area (Å²) < 4.78 is 0. The highest BCUT2D eigenvalue weighted by atomic mass is 16.3. The Kier molecular flexibility index (Phi) is 4.70. The summed E-state index contributed by atoms with van der Waals surface area (Å²) in [5, 5.41) is 17.8. The average molecular weight is 187 g/mol. The lowest BCUT2D eigenvalue weighted by Gasteiger charge is -2.01. The van der Waals surface area contributed by atoms with E-state index in [1.807, 2.05) is 0 Å².